The zero-order valence-corrected chi connectivity index (χ0v) is 21.0. The largest absolute Gasteiger partial charge is 0.442 e. The van der Waals surface area contributed by atoms with Crippen LogP contribution in [0.4, 0.5) is 4.79 Å². The van der Waals surface area contributed by atoms with Crippen LogP contribution in [0, 0.1) is 28.1 Å². The molecule has 0 aromatic carbocycles. The van der Waals surface area contributed by atoms with Crippen LogP contribution in [-0.4, -0.2) is 34.6 Å². The smallest absolute Gasteiger partial charge is 0.405 e. The maximum atomic E-state index is 12.9. The Balaban J connectivity index is 1.58. The van der Waals surface area contributed by atoms with Gasteiger partial charge in [0.25, 0.3) is 0 Å². The summed E-state index contributed by atoms with van der Waals surface area (Å²) >= 11 is 6.91. The lowest BCUT2D eigenvalue weighted by atomic mass is 9.44. The van der Waals surface area contributed by atoms with Gasteiger partial charge in [-0.3, -0.25) is 0 Å². The third-order valence-electron chi connectivity index (χ3n) is 9.79. The fraction of sp³-hybridized carbons (Fsp3) is 0.593. The van der Waals surface area contributed by atoms with Crippen LogP contribution in [0.3, 0.4) is 0 Å². The summed E-state index contributed by atoms with van der Waals surface area (Å²) in [7, 11) is 0. The van der Waals surface area contributed by atoms with Crippen LogP contribution in [-0.2, 0) is 9.53 Å². The minimum absolute atomic E-state index is 0.129. The summed E-state index contributed by atoms with van der Waals surface area (Å²) in [6, 6.07) is 3.12. The molecule has 8 atom stereocenters. The van der Waals surface area contributed by atoms with Gasteiger partial charge in [0, 0.05) is 28.2 Å². The van der Waals surface area contributed by atoms with Crippen molar-refractivity contribution in [3.8, 4) is 0 Å². The first-order valence-corrected chi connectivity index (χ1v) is 12.6. The van der Waals surface area contributed by atoms with Gasteiger partial charge in [0.2, 0.25) is 0 Å². The highest BCUT2D eigenvalue weighted by molar-refractivity contribution is 6.21. The van der Waals surface area contributed by atoms with Crippen molar-refractivity contribution in [3.63, 3.8) is 0 Å². The highest BCUT2D eigenvalue weighted by Gasteiger charge is 2.69. The summed E-state index contributed by atoms with van der Waals surface area (Å²) in [6.45, 7) is 6.05. The molecule has 1 amide bonds. The van der Waals surface area contributed by atoms with Gasteiger partial charge < -0.3 is 24.8 Å². The number of rotatable bonds is 3. The van der Waals surface area contributed by atoms with Gasteiger partial charge in [-0.25, -0.2) is 9.59 Å². The molecule has 188 valence electrons. The normalized spacial score (nSPS) is 43.3. The van der Waals surface area contributed by atoms with Crippen molar-refractivity contribution in [2.24, 2.45) is 33.8 Å². The zero-order chi connectivity index (χ0) is 25.4. The van der Waals surface area contributed by atoms with E-state index >= 15 is 0 Å². The highest BCUT2D eigenvalue weighted by atomic mass is 35.5. The minimum Gasteiger partial charge on any atom is -0.442 e. The molecule has 3 N–H and O–H groups in total. The van der Waals surface area contributed by atoms with Crippen molar-refractivity contribution in [2.75, 3.05) is 0 Å². The Morgan fingerprint density at radius 2 is 2.06 bits per heavy atom. The van der Waals surface area contributed by atoms with Crippen molar-refractivity contribution >= 4 is 24.0 Å². The number of amides is 1. The summed E-state index contributed by atoms with van der Waals surface area (Å²) in [5, 5.41) is 12.0. The van der Waals surface area contributed by atoms with Gasteiger partial charge in [-0.05, 0) is 60.8 Å². The summed E-state index contributed by atoms with van der Waals surface area (Å²) in [5.74, 6) is -0.536. The summed E-state index contributed by atoms with van der Waals surface area (Å²) in [6.07, 6.45) is 9.08. The average Bonchev–Trinajstić information content (AvgIpc) is 3.01. The first kappa shape index (κ1) is 24.3. The highest BCUT2D eigenvalue weighted by Crippen LogP contribution is 2.70. The average molecular weight is 502 g/mol. The SMILES string of the molecule is CC1(C)[C@@H](OC(N)=O)C=C[C@]2(C=O)[C@H]3CC[C@]4(C)[C@@H](c5ccc(=O)oc5)[C@@H](Cl)C[C@]4(O)C3=CC[C@@H]12. The number of halogens is 1. The van der Waals surface area contributed by atoms with Crippen LogP contribution in [0.2, 0.25) is 0 Å². The van der Waals surface area contributed by atoms with E-state index in [0.717, 1.165) is 17.4 Å². The van der Waals surface area contributed by atoms with Crippen molar-refractivity contribution in [1.29, 1.82) is 0 Å². The van der Waals surface area contributed by atoms with Gasteiger partial charge in [0.05, 0.1) is 17.3 Å². The van der Waals surface area contributed by atoms with Gasteiger partial charge in [-0.1, -0.05) is 32.9 Å². The molecule has 0 bridgehead atoms. The molecule has 0 radical (unpaired) electrons. The standard InChI is InChI=1S/C27H32ClNO6/c1-24(2)19-6-5-17-16(26(19,14-30)11-9-20(24)35-23(29)32)8-10-25(3)22(18(28)12-27(17,25)33)15-4-7-21(31)34-13-15/h4-5,7,9,11,13-14,16,18-20,22,33H,6,8,10,12H2,1-3H3,(H2,29,32)/t16-,18-,19-,20-,22-,25+,26-,27-/m0/s1. The van der Waals surface area contributed by atoms with E-state index in [1.165, 1.54) is 12.3 Å². The fourth-order valence-electron chi connectivity index (χ4n) is 8.03. The van der Waals surface area contributed by atoms with Gasteiger partial charge in [0.1, 0.15) is 12.4 Å². The van der Waals surface area contributed by atoms with E-state index in [9.17, 15) is 19.5 Å². The number of allylic oxidation sites excluding steroid dienone is 2. The number of aliphatic hydroxyl groups is 1. The van der Waals surface area contributed by atoms with Crippen LogP contribution in [0.5, 0.6) is 0 Å². The minimum atomic E-state index is -1.21. The number of hydrogen-bond donors (Lipinski definition) is 2. The molecular formula is C27H32ClNO6. The molecule has 0 spiro atoms. The number of nitrogens with two attached hydrogens (primary N) is 1. The molecule has 4 aliphatic carbocycles. The summed E-state index contributed by atoms with van der Waals surface area (Å²) in [5.41, 5.74) is 3.38. The molecule has 7 nitrogen and oxygen atoms in total. The van der Waals surface area contributed by atoms with Crippen molar-refractivity contribution in [3.05, 3.63) is 58.2 Å². The molecule has 5 rings (SSSR count). The van der Waals surface area contributed by atoms with Crippen LogP contribution in [0.1, 0.15) is 57.9 Å². The van der Waals surface area contributed by atoms with Gasteiger partial charge in [0.15, 0.2) is 0 Å². The Kier molecular flexibility index (Phi) is 5.43. The van der Waals surface area contributed by atoms with E-state index < -0.39 is 39.7 Å². The Labute approximate surface area is 209 Å². The molecule has 0 aliphatic heterocycles. The van der Waals surface area contributed by atoms with E-state index in [1.807, 2.05) is 19.9 Å². The van der Waals surface area contributed by atoms with Crippen LogP contribution >= 0.6 is 11.6 Å². The second-order valence-electron chi connectivity index (χ2n) is 11.6. The monoisotopic (exact) mass is 501 g/mol. The molecule has 1 heterocycles. The van der Waals surface area contributed by atoms with E-state index in [-0.39, 0.29) is 23.1 Å². The fourth-order valence-corrected chi connectivity index (χ4v) is 8.68. The molecule has 1 aromatic rings. The first-order valence-electron chi connectivity index (χ1n) is 12.2. The molecular weight excluding hydrogens is 470 g/mol. The number of alkyl halides is 1. The number of ether oxygens (including phenoxy) is 1. The van der Waals surface area contributed by atoms with Crippen molar-refractivity contribution in [2.45, 2.75) is 69.5 Å². The van der Waals surface area contributed by atoms with Crippen molar-refractivity contribution < 1.29 is 23.8 Å². The Morgan fingerprint density at radius 1 is 1.31 bits per heavy atom. The van der Waals surface area contributed by atoms with E-state index in [2.05, 4.69) is 13.0 Å². The van der Waals surface area contributed by atoms with Crippen LogP contribution < -0.4 is 11.4 Å². The lowest BCUT2D eigenvalue weighted by Gasteiger charge is -2.60. The maximum Gasteiger partial charge on any atom is 0.405 e. The number of hydrogen-bond acceptors (Lipinski definition) is 6. The van der Waals surface area contributed by atoms with E-state index in [0.29, 0.717) is 25.7 Å². The first-order chi connectivity index (χ1) is 16.4. The number of aldehydes is 1. The second-order valence-corrected chi connectivity index (χ2v) is 12.1. The number of carbonyl (C=O) groups is 2. The molecule has 1 aromatic heterocycles. The zero-order valence-electron chi connectivity index (χ0n) is 20.2. The molecule has 35 heavy (non-hydrogen) atoms. The molecule has 2 fully saturated rings. The Bertz CT molecular complexity index is 1170. The van der Waals surface area contributed by atoms with E-state index in [4.69, 9.17) is 26.5 Å². The third kappa shape index (κ3) is 3.17. The maximum absolute atomic E-state index is 12.9. The van der Waals surface area contributed by atoms with Gasteiger partial charge >= 0.3 is 11.7 Å². The molecule has 0 saturated heterocycles. The topological polar surface area (TPSA) is 120 Å². The third-order valence-corrected chi connectivity index (χ3v) is 10.2. The second kappa shape index (κ2) is 7.81. The summed E-state index contributed by atoms with van der Waals surface area (Å²) in [4.78, 5) is 35.9. The molecule has 4 aliphatic rings. The number of fused-ring (bicyclic) bond motifs is 5. The number of carbonyl (C=O) groups excluding carboxylic acids is 2. The summed E-state index contributed by atoms with van der Waals surface area (Å²) < 4.78 is 10.5. The predicted molar refractivity (Wildman–Crippen MR) is 130 cm³/mol. The molecule has 0 unspecified atom stereocenters. The molecule has 8 heteroatoms. The van der Waals surface area contributed by atoms with Crippen LogP contribution in [0.25, 0.3) is 0 Å². The Morgan fingerprint density at radius 3 is 2.69 bits per heavy atom. The number of primary amides is 1. The lowest BCUT2D eigenvalue weighted by Crippen LogP contribution is -2.60. The van der Waals surface area contributed by atoms with Crippen LogP contribution in [0.15, 0.2) is 51.4 Å². The van der Waals surface area contributed by atoms with E-state index in [1.54, 1.807) is 12.1 Å². The van der Waals surface area contributed by atoms with Crippen molar-refractivity contribution in [1.82, 2.24) is 0 Å². The van der Waals surface area contributed by atoms with Gasteiger partial charge in [-0.2, -0.15) is 0 Å². The lowest BCUT2D eigenvalue weighted by molar-refractivity contribution is -0.135. The van der Waals surface area contributed by atoms with Gasteiger partial charge in [-0.15, -0.1) is 11.6 Å². The Hall–Kier alpha value is -2.38. The predicted octanol–water partition coefficient (Wildman–Crippen LogP) is 4.07. The molecule has 2 saturated carbocycles. The quantitative estimate of drug-likeness (QED) is 0.366.